The van der Waals surface area contributed by atoms with Gasteiger partial charge in [0.25, 0.3) is 10.0 Å². The minimum atomic E-state index is -3.86. The van der Waals surface area contributed by atoms with E-state index in [1.54, 1.807) is 12.1 Å². The molecular weight excluding hydrogens is 455 g/mol. The molecule has 0 amide bonds. The van der Waals surface area contributed by atoms with Gasteiger partial charge >= 0.3 is 0 Å². The Morgan fingerprint density at radius 3 is 2.32 bits per heavy atom. The maximum absolute atomic E-state index is 12.7. The quantitative estimate of drug-likeness (QED) is 0.498. The zero-order chi connectivity index (χ0) is 22.6. The summed E-state index contributed by atoms with van der Waals surface area (Å²) in [5.74, 6) is 0.164. The molecule has 2 aromatic carbocycles. The summed E-state index contributed by atoms with van der Waals surface area (Å²) in [5, 5.41) is 0.416. The lowest BCUT2D eigenvalue weighted by Crippen LogP contribution is -2.27. The monoisotopic (exact) mass is 476 g/mol. The van der Waals surface area contributed by atoms with Gasteiger partial charge in [0.2, 0.25) is 0 Å². The van der Waals surface area contributed by atoms with Gasteiger partial charge in [-0.25, -0.2) is 8.42 Å². The normalized spacial score (nSPS) is 15.6. The molecule has 0 fully saturated rings. The number of nitrogens with one attached hydrogen (secondary N) is 1. The maximum atomic E-state index is 12.7. The van der Waals surface area contributed by atoms with Gasteiger partial charge < -0.3 is 4.57 Å². The highest BCUT2D eigenvalue weighted by atomic mass is 35.5. The third-order valence-electron chi connectivity index (χ3n) is 5.43. The zero-order valence-corrected chi connectivity index (χ0v) is 19.7. The van der Waals surface area contributed by atoms with Crippen molar-refractivity contribution in [2.24, 2.45) is 5.41 Å². The summed E-state index contributed by atoms with van der Waals surface area (Å²) < 4.78 is 30.1. The molecule has 1 heterocycles. The minimum absolute atomic E-state index is 0.0429. The van der Waals surface area contributed by atoms with Gasteiger partial charge in [0.15, 0.2) is 5.78 Å². The van der Waals surface area contributed by atoms with E-state index in [0.717, 1.165) is 29.1 Å². The van der Waals surface area contributed by atoms with E-state index in [2.05, 4.69) is 23.1 Å². The lowest BCUT2D eigenvalue weighted by atomic mass is 9.76. The van der Waals surface area contributed by atoms with E-state index in [9.17, 15) is 13.2 Å². The van der Waals surface area contributed by atoms with Crippen molar-refractivity contribution in [1.29, 1.82) is 0 Å². The van der Waals surface area contributed by atoms with Gasteiger partial charge in [-0.1, -0.05) is 37.0 Å². The standard InChI is InChI=1S/C23H22Cl2N2O3S/c1-14-10-18-20(12-23(2,3)13-21(18)28)27(14)17-7-5-16(6-8-17)26-31(29,30)22-9-4-15(24)11-19(22)25/h4-11,26H,12-13H2,1-3H3. The molecule has 1 aromatic heterocycles. The largest absolute Gasteiger partial charge is 0.317 e. The summed E-state index contributed by atoms with van der Waals surface area (Å²) in [5.41, 5.74) is 3.93. The molecule has 8 heteroatoms. The van der Waals surface area contributed by atoms with Gasteiger partial charge in [-0.15, -0.1) is 0 Å². The van der Waals surface area contributed by atoms with Crippen molar-refractivity contribution in [3.8, 4) is 5.69 Å². The summed E-state index contributed by atoms with van der Waals surface area (Å²) in [7, 11) is -3.86. The van der Waals surface area contributed by atoms with Crippen LogP contribution in [0.2, 0.25) is 10.0 Å². The van der Waals surface area contributed by atoms with Gasteiger partial charge in [0.05, 0.1) is 5.02 Å². The number of anilines is 1. The third kappa shape index (κ3) is 4.25. The number of sulfonamides is 1. The fourth-order valence-electron chi connectivity index (χ4n) is 4.09. The number of rotatable bonds is 4. The fourth-order valence-corrected chi connectivity index (χ4v) is 5.93. The number of ketones is 1. The second-order valence-corrected chi connectivity index (χ2v) is 11.1. The Bertz CT molecular complexity index is 1290. The van der Waals surface area contributed by atoms with Gasteiger partial charge in [0.1, 0.15) is 4.90 Å². The summed E-state index contributed by atoms with van der Waals surface area (Å²) in [6.07, 6.45) is 1.34. The molecule has 0 unspecified atom stereocenters. The summed E-state index contributed by atoms with van der Waals surface area (Å²) in [6.45, 7) is 6.17. The topological polar surface area (TPSA) is 68.2 Å². The van der Waals surface area contributed by atoms with E-state index >= 15 is 0 Å². The van der Waals surface area contributed by atoms with Crippen LogP contribution in [0.5, 0.6) is 0 Å². The van der Waals surface area contributed by atoms with Crippen LogP contribution < -0.4 is 4.72 Å². The molecular formula is C23H22Cl2N2O3S. The molecule has 4 rings (SSSR count). The van der Waals surface area contributed by atoms with Gasteiger partial charge in [0, 0.05) is 39.8 Å². The molecule has 0 saturated carbocycles. The van der Waals surface area contributed by atoms with E-state index < -0.39 is 10.0 Å². The van der Waals surface area contributed by atoms with Gasteiger partial charge in [-0.05, 0) is 67.3 Å². The van der Waals surface area contributed by atoms with Crippen LogP contribution in [0.4, 0.5) is 5.69 Å². The van der Waals surface area contributed by atoms with Crippen molar-refractivity contribution >= 4 is 44.7 Å². The fraction of sp³-hybridized carbons (Fsp3) is 0.261. The first-order valence-electron chi connectivity index (χ1n) is 9.80. The van der Waals surface area contributed by atoms with Crippen molar-refractivity contribution in [1.82, 2.24) is 4.57 Å². The van der Waals surface area contributed by atoms with Gasteiger partial charge in [-0.3, -0.25) is 9.52 Å². The van der Waals surface area contributed by atoms with Crippen LogP contribution in [0.15, 0.2) is 53.4 Å². The summed E-state index contributed by atoms with van der Waals surface area (Å²) >= 11 is 11.9. The number of Topliss-reactive ketones (excluding diaryl/α,β-unsaturated/α-hetero) is 1. The molecule has 0 aliphatic heterocycles. The number of halogens is 2. The molecule has 31 heavy (non-hydrogen) atoms. The number of carbonyl (C=O) groups is 1. The summed E-state index contributed by atoms with van der Waals surface area (Å²) in [6, 6.07) is 13.2. The van der Waals surface area contributed by atoms with Crippen LogP contribution >= 0.6 is 23.2 Å². The molecule has 3 aromatic rings. The first-order chi connectivity index (χ1) is 14.5. The number of aromatic nitrogens is 1. The highest BCUT2D eigenvalue weighted by Crippen LogP contribution is 2.37. The number of aryl methyl sites for hydroxylation is 1. The Labute approximate surface area is 192 Å². The molecule has 162 valence electrons. The van der Waals surface area contributed by atoms with Crippen LogP contribution in [0.3, 0.4) is 0 Å². The number of benzene rings is 2. The number of hydrogen-bond acceptors (Lipinski definition) is 3. The van der Waals surface area contributed by atoms with E-state index in [1.807, 2.05) is 25.1 Å². The Balaban J connectivity index is 1.65. The van der Waals surface area contributed by atoms with E-state index in [4.69, 9.17) is 23.2 Å². The van der Waals surface area contributed by atoms with Crippen LogP contribution in [-0.2, 0) is 16.4 Å². The molecule has 0 bridgehead atoms. The Morgan fingerprint density at radius 2 is 1.68 bits per heavy atom. The average molecular weight is 477 g/mol. The number of nitrogens with zero attached hydrogens (tertiary/aromatic N) is 1. The molecule has 0 spiro atoms. The van der Waals surface area contributed by atoms with Crippen molar-refractivity contribution in [2.45, 2.75) is 38.5 Å². The molecule has 0 saturated heterocycles. The minimum Gasteiger partial charge on any atom is -0.317 e. The highest BCUT2D eigenvalue weighted by Gasteiger charge is 2.34. The first-order valence-corrected chi connectivity index (χ1v) is 12.0. The number of fused-ring (bicyclic) bond motifs is 1. The predicted octanol–water partition coefficient (Wildman–Crippen LogP) is 6.05. The van der Waals surface area contributed by atoms with Crippen LogP contribution in [-0.4, -0.2) is 18.8 Å². The molecule has 0 radical (unpaired) electrons. The second-order valence-electron chi connectivity index (χ2n) is 8.65. The molecule has 1 aliphatic rings. The molecule has 1 N–H and O–H groups in total. The van der Waals surface area contributed by atoms with E-state index in [-0.39, 0.29) is 21.1 Å². The van der Waals surface area contributed by atoms with Crippen molar-refractivity contribution in [2.75, 3.05) is 4.72 Å². The second kappa shape index (κ2) is 7.69. The van der Waals surface area contributed by atoms with Crippen LogP contribution in [0, 0.1) is 12.3 Å². The van der Waals surface area contributed by atoms with Crippen molar-refractivity contribution in [3.05, 3.63) is 75.5 Å². The van der Waals surface area contributed by atoms with Crippen molar-refractivity contribution in [3.63, 3.8) is 0 Å². The van der Waals surface area contributed by atoms with Crippen LogP contribution in [0.25, 0.3) is 5.69 Å². The molecule has 1 aliphatic carbocycles. The maximum Gasteiger partial charge on any atom is 0.263 e. The lowest BCUT2D eigenvalue weighted by molar-refractivity contribution is 0.0911. The van der Waals surface area contributed by atoms with Gasteiger partial charge in [-0.2, -0.15) is 0 Å². The van der Waals surface area contributed by atoms with E-state index in [1.165, 1.54) is 18.2 Å². The molecule has 5 nitrogen and oxygen atoms in total. The zero-order valence-electron chi connectivity index (χ0n) is 17.4. The van der Waals surface area contributed by atoms with Crippen LogP contribution in [0.1, 0.15) is 42.0 Å². The first kappa shape index (κ1) is 21.9. The Hall–Kier alpha value is -2.28. The number of hydrogen-bond donors (Lipinski definition) is 1. The molecule has 0 atom stereocenters. The third-order valence-corrected chi connectivity index (χ3v) is 7.53. The SMILES string of the molecule is Cc1cc2c(n1-c1ccc(NS(=O)(=O)c3ccc(Cl)cc3Cl)cc1)CC(C)(C)CC2=O. The lowest BCUT2D eigenvalue weighted by Gasteiger charge is -2.30. The smallest absolute Gasteiger partial charge is 0.263 e. The van der Waals surface area contributed by atoms with Crippen molar-refractivity contribution < 1.29 is 13.2 Å². The summed E-state index contributed by atoms with van der Waals surface area (Å²) in [4.78, 5) is 12.5. The highest BCUT2D eigenvalue weighted by molar-refractivity contribution is 7.92. The Kier molecular flexibility index (Phi) is 5.44. The average Bonchev–Trinajstić information content (AvgIpc) is 2.97. The van der Waals surface area contributed by atoms with E-state index in [0.29, 0.717) is 17.1 Å². The Morgan fingerprint density at radius 1 is 1.00 bits per heavy atom. The number of carbonyl (C=O) groups excluding carboxylic acids is 1. The predicted molar refractivity (Wildman–Crippen MR) is 124 cm³/mol.